The lowest BCUT2D eigenvalue weighted by Gasteiger charge is -2.15. The number of rotatable bonds is 6. The molecular formula is C20H27IN4O3. The van der Waals surface area contributed by atoms with Crippen LogP contribution in [-0.4, -0.2) is 38.4 Å². The molecule has 2 heterocycles. The molecule has 0 radical (unpaired) electrons. The second-order valence-corrected chi connectivity index (χ2v) is 6.34. The van der Waals surface area contributed by atoms with E-state index in [1.165, 1.54) is 5.56 Å². The van der Waals surface area contributed by atoms with E-state index in [2.05, 4.69) is 26.7 Å². The number of benzene rings is 1. The predicted octanol–water partition coefficient (Wildman–Crippen LogP) is 2.96. The van der Waals surface area contributed by atoms with Gasteiger partial charge in [0.25, 0.3) is 0 Å². The number of guanidine groups is 1. The highest BCUT2D eigenvalue weighted by Gasteiger charge is 2.13. The Bertz CT molecular complexity index is 842. The first-order chi connectivity index (χ1) is 13.1. The number of aromatic nitrogens is 1. The third-order valence-corrected chi connectivity index (χ3v) is 4.54. The van der Waals surface area contributed by atoms with Crippen molar-refractivity contribution in [3.05, 3.63) is 46.8 Å². The first-order valence-electron chi connectivity index (χ1n) is 8.94. The van der Waals surface area contributed by atoms with Gasteiger partial charge in [-0.1, -0.05) is 6.07 Å². The van der Waals surface area contributed by atoms with Crippen LogP contribution in [0.3, 0.4) is 0 Å². The van der Waals surface area contributed by atoms with E-state index in [0.717, 1.165) is 53.0 Å². The van der Waals surface area contributed by atoms with E-state index in [0.29, 0.717) is 13.3 Å². The molecule has 2 N–H and O–H groups in total. The zero-order valence-electron chi connectivity index (χ0n) is 16.7. The Morgan fingerprint density at radius 1 is 1.21 bits per heavy atom. The standard InChI is InChI=1S/C20H26N4O3.HI/c1-13-10-23-16(14(2)19(13)25-4)11-24-20(21-3)22-8-7-15-5-6-17-18(9-15)27-12-26-17;/h5-6,9-10H,7-8,11-12H2,1-4H3,(H2,21,22,24);1H. The van der Waals surface area contributed by atoms with Gasteiger partial charge in [0, 0.05) is 30.9 Å². The van der Waals surface area contributed by atoms with Gasteiger partial charge in [-0.2, -0.15) is 0 Å². The third kappa shape index (κ3) is 5.18. The summed E-state index contributed by atoms with van der Waals surface area (Å²) >= 11 is 0. The fraction of sp³-hybridized carbons (Fsp3) is 0.400. The lowest BCUT2D eigenvalue weighted by molar-refractivity contribution is 0.174. The van der Waals surface area contributed by atoms with Crippen molar-refractivity contribution in [2.75, 3.05) is 27.5 Å². The summed E-state index contributed by atoms with van der Waals surface area (Å²) in [6.07, 6.45) is 2.69. The van der Waals surface area contributed by atoms with Crippen LogP contribution in [0.4, 0.5) is 0 Å². The monoisotopic (exact) mass is 498 g/mol. The largest absolute Gasteiger partial charge is 0.496 e. The van der Waals surface area contributed by atoms with Crippen LogP contribution in [0, 0.1) is 13.8 Å². The summed E-state index contributed by atoms with van der Waals surface area (Å²) in [5, 5.41) is 6.62. The van der Waals surface area contributed by atoms with Gasteiger partial charge in [-0.05, 0) is 38.0 Å². The Balaban J connectivity index is 0.00000280. The van der Waals surface area contributed by atoms with Crippen molar-refractivity contribution in [3.63, 3.8) is 0 Å². The van der Waals surface area contributed by atoms with Gasteiger partial charge < -0.3 is 24.8 Å². The van der Waals surface area contributed by atoms with Crippen LogP contribution in [0.5, 0.6) is 17.2 Å². The van der Waals surface area contributed by atoms with Crippen molar-refractivity contribution >= 4 is 29.9 Å². The minimum absolute atomic E-state index is 0. The van der Waals surface area contributed by atoms with Crippen LogP contribution in [0.2, 0.25) is 0 Å². The zero-order valence-corrected chi connectivity index (χ0v) is 19.0. The Kier molecular flexibility index (Phi) is 8.16. The van der Waals surface area contributed by atoms with Crippen molar-refractivity contribution in [2.24, 2.45) is 4.99 Å². The maximum absolute atomic E-state index is 5.46. The van der Waals surface area contributed by atoms with Gasteiger partial charge in [-0.15, -0.1) is 24.0 Å². The quantitative estimate of drug-likeness (QED) is 0.363. The van der Waals surface area contributed by atoms with E-state index in [1.54, 1.807) is 14.2 Å². The van der Waals surface area contributed by atoms with Crippen LogP contribution in [0.25, 0.3) is 0 Å². The molecule has 1 aromatic heterocycles. The number of pyridine rings is 1. The molecule has 0 saturated carbocycles. The molecule has 0 unspecified atom stereocenters. The summed E-state index contributed by atoms with van der Waals surface area (Å²) in [6.45, 7) is 5.64. The fourth-order valence-electron chi connectivity index (χ4n) is 3.06. The van der Waals surface area contributed by atoms with Gasteiger partial charge in [-0.25, -0.2) is 0 Å². The molecule has 0 saturated heterocycles. The summed E-state index contributed by atoms with van der Waals surface area (Å²) in [7, 11) is 3.44. The minimum Gasteiger partial charge on any atom is -0.496 e. The maximum Gasteiger partial charge on any atom is 0.231 e. The number of aliphatic imine (C=N–C) groups is 1. The van der Waals surface area contributed by atoms with Crippen LogP contribution in [0.15, 0.2) is 29.4 Å². The number of methoxy groups -OCH3 is 1. The number of hydrogen-bond donors (Lipinski definition) is 2. The molecule has 8 heteroatoms. The number of hydrogen-bond acceptors (Lipinski definition) is 5. The van der Waals surface area contributed by atoms with Gasteiger partial charge in [-0.3, -0.25) is 9.98 Å². The Morgan fingerprint density at radius 3 is 2.75 bits per heavy atom. The second-order valence-electron chi connectivity index (χ2n) is 6.34. The summed E-state index contributed by atoms with van der Waals surface area (Å²) in [5.41, 5.74) is 4.20. The van der Waals surface area contributed by atoms with Crippen molar-refractivity contribution in [3.8, 4) is 17.2 Å². The Hall–Kier alpha value is -2.23. The molecular weight excluding hydrogens is 471 g/mol. The average molecular weight is 498 g/mol. The van der Waals surface area contributed by atoms with Crippen molar-refractivity contribution in [1.82, 2.24) is 15.6 Å². The normalized spacial score (nSPS) is 12.4. The van der Waals surface area contributed by atoms with Crippen LogP contribution < -0.4 is 24.8 Å². The number of ether oxygens (including phenoxy) is 3. The average Bonchev–Trinajstić information content (AvgIpc) is 3.14. The van der Waals surface area contributed by atoms with Crippen molar-refractivity contribution in [1.29, 1.82) is 0 Å². The molecule has 152 valence electrons. The van der Waals surface area contributed by atoms with Crippen LogP contribution >= 0.6 is 24.0 Å². The smallest absolute Gasteiger partial charge is 0.231 e. The number of nitrogens with zero attached hydrogens (tertiary/aromatic N) is 2. The topological polar surface area (TPSA) is 77.0 Å². The molecule has 1 aliphatic rings. The summed E-state index contributed by atoms with van der Waals surface area (Å²) in [5.74, 6) is 3.23. The molecule has 0 aliphatic carbocycles. The first kappa shape index (κ1) is 22.1. The molecule has 28 heavy (non-hydrogen) atoms. The number of aryl methyl sites for hydroxylation is 1. The molecule has 0 amide bonds. The highest BCUT2D eigenvalue weighted by Crippen LogP contribution is 2.32. The molecule has 3 rings (SSSR count). The maximum atomic E-state index is 5.46. The summed E-state index contributed by atoms with van der Waals surface area (Å²) in [6, 6.07) is 6.02. The molecule has 7 nitrogen and oxygen atoms in total. The van der Waals surface area contributed by atoms with Crippen molar-refractivity contribution in [2.45, 2.75) is 26.8 Å². The third-order valence-electron chi connectivity index (χ3n) is 4.54. The molecule has 0 fully saturated rings. The Labute approximate surface area is 182 Å². The van der Waals surface area contributed by atoms with E-state index in [1.807, 2.05) is 32.2 Å². The van der Waals surface area contributed by atoms with E-state index in [9.17, 15) is 0 Å². The van der Waals surface area contributed by atoms with Gasteiger partial charge in [0.15, 0.2) is 17.5 Å². The fourth-order valence-corrected chi connectivity index (χ4v) is 3.06. The molecule has 1 aliphatic heterocycles. The summed E-state index contributed by atoms with van der Waals surface area (Å²) in [4.78, 5) is 8.78. The second kappa shape index (κ2) is 10.4. The lowest BCUT2D eigenvalue weighted by atomic mass is 10.1. The van der Waals surface area contributed by atoms with Gasteiger partial charge in [0.05, 0.1) is 19.3 Å². The highest BCUT2D eigenvalue weighted by atomic mass is 127. The van der Waals surface area contributed by atoms with Gasteiger partial charge >= 0.3 is 0 Å². The number of nitrogens with one attached hydrogen (secondary N) is 2. The van der Waals surface area contributed by atoms with E-state index in [4.69, 9.17) is 14.2 Å². The van der Waals surface area contributed by atoms with Crippen LogP contribution in [-0.2, 0) is 13.0 Å². The first-order valence-corrected chi connectivity index (χ1v) is 8.94. The molecule has 1 aromatic carbocycles. The SMILES string of the molecule is CN=C(NCCc1ccc2c(c1)OCO2)NCc1ncc(C)c(OC)c1C.I. The Morgan fingerprint density at radius 2 is 2.00 bits per heavy atom. The molecule has 0 bridgehead atoms. The molecule has 0 atom stereocenters. The van der Waals surface area contributed by atoms with E-state index >= 15 is 0 Å². The number of halogens is 1. The van der Waals surface area contributed by atoms with E-state index < -0.39 is 0 Å². The minimum atomic E-state index is 0. The van der Waals surface area contributed by atoms with Gasteiger partial charge in [0.1, 0.15) is 5.75 Å². The van der Waals surface area contributed by atoms with E-state index in [-0.39, 0.29) is 24.0 Å². The molecule has 2 aromatic rings. The zero-order chi connectivity index (χ0) is 19.2. The lowest BCUT2D eigenvalue weighted by Crippen LogP contribution is -2.38. The predicted molar refractivity (Wildman–Crippen MR) is 120 cm³/mol. The van der Waals surface area contributed by atoms with Crippen LogP contribution in [0.1, 0.15) is 22.4 Å². The summed E-state index contributed by atoms with van der Waals surface area (Å²) < 4.78 is 16.2. The molecule has 0 spiro atoms. The number of fused-ring (bicyclic) bond motifs is 1. The highest BCUT2D eigenvalue weighted by molar-refractivity contribution is 14.0. The van der Waals surface area contributed by atoms with Gasteiger partial charge in [0.2, 0.25) is 6.79 Å². The van der Waals surface area contributed by atoms with Crippen molar-refractivity contribution < 1.29 is 14.2 Å².